The molecule has 0 aromatic heterocycles. The van der Waals surface area contributed by atoms with Crippen LogP contribution >= 0.6 is 0 Å². The maximum atomic E-state index is 11.9. The van der Waals surface area contributed by atoms with Crippen LogP contribution in [0.3, 0.4) is 0 Å². The maximum Gasteiger partial charge on any atom is 0.329 e. The Balaban J connectivity index is 1.77. The summed E-state index contributed by atoms with van der Waals surface area (Å²) < 4.78 is 0. The molecule has 0 aliphatic heterocycles. The number of hydrogen-bond donors (Lipinski definition) is 2. The van der Waals surface area contributed by atoms with Crippen molar-refractivity contribution in [1.29, 1.82) is 0 Å². The van der Waals surface area contributed by atoms with E-state index < -0.39 is 11.8 Å². The van der Waals surface area contributed by atoms with Crippen molar-refractivity contribution < 1.29 is 9.59 Å². The van der Waals surface area contributed by atoms with Gasteiger partial charge in [0.15, 0.2) is 0 Å². The SMILES string of the molecule is O=C(NN=C1CCCCCCCCCCC1)C(=O)NC1CCCC1. The summed E-state index contributed by atoms with van der Waals surface area (Å²) in [7, 11) is 0. The molecule has 0 heterocycles. The number of hydrogen-bond acceptors (Lipinski definition) is 3. The van der Waals surface area contributed by atoms with Crippen LogP contribution in [-0.2, 0) is 9.59 Å². The molecule has 0 aromatic rings. The van der Waals surface area contributed by atoms with Crippen molar-refractivity contribution in [2.75, 3.05) is 0 Å². The fourth-order valence-electron chi connectivity index (χ4n) is 3.63. The van der Waals surface area contributed by atoms with Crippen LogP contribution in [0.2, 0.25) is 0 Å². The molecule has 0 atom stereocenters. The quantitative estimate of drug-likeness (QED) is 0.595. The second-order valence-electron chi connectivity index (χ2n) is 7.26. The van der Waals surface area contributed by atoms with E-state index in [-0.39, 0.29) is 6.04 Å². The van der Waals surface area contributed by atoms with Gasteiger partial charge in [-0.25, -0.2) is 5.43 Å². The second-order valence-corrected chi connectivity index (χ2v) is 7.26. The molecule has 2 rings (SSSR count). The van der Waals surface area contributed by atoms with Crippen molar-refractivity contribution >= 4 is 17.5 Å². The van der Waals surface area contributed by atoms with E-state index in [1.165, 1.54) is 44.9 Å². The van der Waals surface area contributed by atoms with Crippen molar-refractivity contribution in [2.45, 2.75) is 102 Å². The smallest absolute Gasteiger partial charge is 0.329 e. The zero-order valence-corrected chi connectivity index (χ0v) is 14.9. The van der Waals surface area contributed by atoms with Gasteiger partial charge < -0.3 is 5.32 Å². The molecule has 0 spiro atoms. The van der Waals surface area contributed by atoms with E-state index in [0.29, 0.717) is 0 Å². The highest BCUT2D eigenvalue weighted by Gasteiger charge is 2.21. The number of rotatable bonds is 2. The first-order valence-electron chi connectivity index (χ1n) is 9.92. The number of nitrogens with one attached hydrogen (secondary N) is 2. The highest BCUT2D eigenvalue weighted by molar-refractivity contribution is 6.35. The third-order valence-electron chi connectivity index (χ3n) is 5.14. The zero-order chi connectivity index (χ0) is 17.0. The molecular weight excluding hydrogens is 302 g/mol. The average molecular weight is 335 g/mol. The number of amides is 2. The second kappa shape index (κ2) is 11.2. The monoisotopic (exact) mass is 335 g/mol. The van der Waals surface area contributed by atoms with E-state index in [9.17, 15) is 9.59 Å². The molecular formula is C19H33N3O2. The van der Waals surface area contributed by atoms with Crippen LogP contribution in [0, 0.1) is 0 Å². The average Bonchev–Trinajstić information content (AvgIpc) is 3.07. The molecule has 0 saturated heterocycles. The third kappa shape index (κ3) is 7.45. The van der Waals surface area contributed by atoms with E-state index in [1.54, 1.807) is 0 Å². The Hall–Kier alpha value is -1.39. The van der Waals surface area contributed by atoms with Crippen molar-refractivity contribution in [3.63, 3.8) is 0 Å². The summed E-state index contributed by atoms with van der Waals surface area (Å²) in [5.41, 5.74) is 3.51. The number of nitrogens with zero attached hydrogens (tertiary/aromatic N) is 1. The largest absolute Gasteiger partial charge is 0.345 e. The Morgan fingerprint density at radius 3 is 1.75 bits per heavy atom. The standard InChI is InChI=1S/C19H33N3O2/c23-18(20-16-12-10-11-13-16)19(24)22-21-17-14-8-6-4-2-1-3-5-7-9-15-17/h16H,1-15H2,(H,20,23)(H,22,24). The van der Waals surface area contributed by atoms with E-state index in [2.05, 4.69) is 15.8 Å². The lowest BCUT2D eigenvalue weighted by Crippen LogP contribution is -2.42. The zero-order valence-electron chi connectivity index (χ0n) is 14.9. The summed E-state index contributed by atoms with van der Waals surface area (Å²) in [6, 6.07) is 0.164. The lowest BCUT2D eigenvalue weighted by atomic mass is 10.00. The Labute approximate surface area is 146 Å². The van der Waals surface area contributed by atoms with Crippen LogP contribution in [0.4, 0.5) is 0 Å². The lowest BCUT2D eigenvalue weighted by molar-refractivity contribution is -0.139. The molecule has 5 heteroatoms. The Bertz CT molecular complexity index is 414. The molecule has 0 radical (unpaired) electrons. The van der Waals surface area contributed by atoms with Gasteiger partial charge in [0.2, 0.25) is 0 Å². The van der Waals surface area contributed by atoms with Crippen LogP contribution in [0.25, 0.3) is 0 Å². The van der Waals surface area contributed by atoms with Gasteiger partial charge in [0.1, 0.15) is 0 Å². The van der Waals surface area contributed by atoms with Crippen LogP contribution in [0.5, 0.6) is 0 Å². The maximum absolute atomic E-state index is 11.9. The minimum absolute atomic E-state index is 0.164. The third-order valence-corrected chi connectivity index (χ3v) is 5.14. The molecule has 24 heavy (non-hydrogen) atoms. The van der Waals surface area contributed by atoms with Crippen LogP contribution in [0.1, 0.15) is 96.3 Å². The highest BCUT2D eigenvalue weighted by Crippen LogP contribution is 2.17. The van der Waals surface area contributed by atoms with Crippen LogP contribution in [-0.4, -0.2) is 23.6 Å². The van der Waals surface area contributed by atoms with E-state index in [1.807, 2.05) is 0 Å². The topological polar surface area (TPSA) is 70.6 Å². The molecule has 2 aliphatic carbocycles. The van der Waals surface area contributed by atoms with E-state index in [0.717, 1.165) is 57.1 Å². The fraction of sp³-hybridized carbons (Fsp3) is 0.842. The first-order chi connectivity index (χ1) is 11.8. The number of carbonyl (C=O) groups is 2. The van der Waals surface area contributed by atoms with Crippen molar-refractivity contribution in [3.05, 3.63) is 0 Å². The summed E-state index contributed by atoms with van der Waals surface area (Å²) in [6.45, 7) is 0. The van der Waals surface area contributed by atoms with Gasteiger partial charge in [0, 0.05) is 11.8 Å². The Kier molecular flexibility index (Phi) is 8.85. The fourth-order valence-corrected chi connectivity index (χ4v) is 3.63. The summed E-state index contributed by atoms with van der Waals surface area (Å²) in [4.78, 5) is 23.8. The van der Waals surface area contributed by atoms with Crippen LogP contribution in [0.15, 0.2) is 5.10 Å². The van der Waals surface area contributed by atoms with E-state index >= 15 is 0 Å². The molecule has 0 bridgehead atoms. The Morgan fingerprint density at radius 1 is 0.708 bits per heavy atom. The van der Waals surface area contributed by atoms with Gasteiger partial charge in [-0.2, -0.15) is 5.10 Å². The molecule has 2 N–H and O–H groups in total. The van der Waals surface area contributed by atoms with Gasteiger partial charge in [0.05, 0.1) is 0 Å². The minimum atomic E-state index is -0.625. The van der Waals surface area contributed by atoms with Crippen molar-refractivity contribution in [2.24, 2.45) is 5.10 Å². The lowest BCUT2D eigenvalue weighted by Gasteiger charge is -2.11. The summed E-state index contributed by atoms with van der Waals surface area (Å²) in [5.74, 6) is -1.17. The highest BCUT2D eigenvalue weighted by atomic mass is 16.2. The number of hydrazone groups is 1. The summed E-state index contributed by atoms with van der Waals surface area (Å²) in [5, 5.41) is 7.06. The first-order valence-corrected chi connectivity index (χ1v) is 9.92. The molecule has 0 unspecified atom stereocenters. The minimum Gasteiger partial charge on any atom is -0.345 e. The predicted octanol–water partition coefficient (Wildman–Crippen LogP) is 3.82. The molecule has 2 aliphatic rings. The molecule has 0 aromatic carbocycles. The molecule has 2 fully saturated rings. The van der Waals surface area contributed by atoms with Crippen molar-refractivity contribution in [1.82, 2.24) is 10.7 Å². The molecule has 5 nitrogen and oxygen atoms in total. The molecule has 2 saturated carbocycles. The molecule has 136 valence electrons. The summed E-state index contributed by atoms with van der Waals surface area (Å²) >= 11 is 0. The molecule has 2 amide bonds. The first kappa shape index (κ1) is 18.9. The van der Waals surface area contributed by atoms with Gasteiger partial charge in [-0.3, -0.25) is 9.59 Å². The van der Waals surface area contributed by atoms with Gasteiger partial charge in [-0.15, -0.1) is 0 Å². The van der Waals surface area contributed by atoms with Gasteiger partial charge >= 0.3 is 11.8 Å². The van der Waals surface area contributed by atoms with Crippen LogP contribution < -0.4 is 10.7 Å². The summed E-state index contributed by atoms with van der Waals surface area (Å²) in [6.07, 6.45) is 17.4. The normalized spacial score (nSPS) is 21.4. The van der Waals surface area contributed by atoms with Gasteiger partial charge in [0.25, 0.3) is 0 Å². The predicted molar refractivity (Wildman–Crippen MR) is 96.8 cm³/mol. The van der Waals surface area contributed by atoms with Crippen molar-refractivity contribution in [3.8, 4) is 0 Å². The number of carbonyl (C=O) groups excluding carboxylic acids is 2. The van der Waals surface area contributed by atoms with Gasteiger partial charge in [-0.05, 0) is 38.5 Å². The Morgan fingerprint density at radius 2 is 1.21 bits per heavy atom. The van der Waals surface area contributed by atoms with E-state index in [4.69, 9.17) is 0 Å². The van der Waals surface area contributed by atoms with Gasteiger partial charge in [-0.1, -0.05) is 57.8 Å².